The van der Waals surface area contributed by atoms with Crippen LogP contribution in [-0.4, -0.2) is 29.7 Å². The Morgan fingerprint density at radius 2 is 1.92 bits per heavy atom. The largest absolute Gasteiger partial charge is 0.299 e. The second-order valence-corrected chi connectivity index (χ2v) is 4.81. The van der Waals surface area contributed by atoms with Crippen molar-refractivity contribution >= 4 is 0 Å². The van der Waals surface area contributed by atoms with Gasteiger partial charge in [-0.05, 0) is 39.7 Å². The van der Waals surface area contributed by atoms with Gasteiger partial charge in [0.2, 0.25) is 0 Å². The fraction of sp³-hybridized carbons (Fsp3) is 1.00. The van der Waals surface area contributed by atoms with E-state index in [1.54, 1.807) is 0 Å². The van der Waals surface area contributed by atoms with Gasteiger partial charge < -0.3 is 0 Å². The van der Waals surface area contributed by atoms with Gasteiger partial charge in [0.05, 0.1) is 5.66 Å². The van der Waals surface area contributed by atoms with Crippen LogP contribution in [0, 0.1) is 0 Å². The van der Waals surface area contributed by atoms with Crippen LogP contribution in [0.15, 0.2) is 0 Å². The van der Waals surface area contributed by atoms with Gasteiger partial charge in [0.25, 0.3) is 0 Å². The van der Waals surface area contributed by atoms with E-state index in [2.05, 4.69) is 24.1 Å². The Morgan fingerprint density at radius 3 is 2.46 bits per heavy atom. The maximum atomic E-state index is 3.66. The van der Waals surface area contributed by atoms with E-state index in [1.807, 2.05) is 0 Å². The third-order valence-electron chi connectivity index (χ3n) is 3.66. The van der Waals surface area contributed by atoms with E-state index in [0.717, 1.165) is 0 Å². The molecule has 2 heteroatoms. The summed E-state index contributed by atoms with van der Waals surface area (Å²) >= 11 is 0. The number of rotatable bonds is 1. The van der Waals surface area contributed by atoms with Crippen LogP contribution in [0.25, 0.3) is 0 Å². The van der Waals surface area contributed by atoms with E-state index in [-0.39, 0.29) is 0 Å². The van der Waals surface area contributed by atoms with E-state index in [9.17, 15) is 0 Å². The second-order valence-electron chi connectivity index (χ2n) is 4.81. The van der Waals surface area contributed by atoms with Crippen molar-refractivity contribution < 1.29 is 0 Å². The summed E-state index contributed by atoms with van der Waals surface area (Å²) < 4.78 is 0. The fourth-order valence-electron chi connectivity index (χ4n) is 2.86. The third-order valence-corrected chi connectivity index (χ3v) is 3.66. The Bertz CT molecular complexity index is 173. The molecule has 0 amide bonds. The molecule has 2 saturated heterocycles. The minimum absolute atomic E-state index is 0.407. The highest BCUT2D eigenvalue weighted by atomic mass is 15.4. The maximum Gasteiger partial charge on any atom is 0.0726 e. The van der Waals surface area contributed by atoms with E-state index in [1.165, 1.54) is 45.2 Å². The molecular weight excluding hydrogens is 160 g/mol. The van der Waals surface area contributed by atoms with Crippen molar-refractivity contribution in [2.75, 3.05) is 13.1 Å². The van der Waals surface area contributed by atoms with Gasteiger partial charge in [-0.15, -0.1) is 0 Å². The molecule has 2 rings (SSSR count). The van der Waals surface area contributed by atoms with Crippen molar-refractivity contribution in [2.24, 2.45) is 0 Å². The quantitative estimate of drug-likeness (QED) is 0.667. The zero-order valence-corrected chi connectivity index (χ0v) is 8.97. The summed E-state index contributed by atoms with van der Waals surface area (Å²) in [7, 11) is 0. The summed E-state index contributed by atoms with van der Waals surface area (Å²) in [5.41, 5.74) is 0.407. The first-order valence-electron chi connectivity index (χ1n) is 5.76. The summed E-state index contributed by atoms with van der Waals surface area (Å²) in [6, 6.07) is 0.700. The SMILES string of the molecule is CC(C)N1CCCCC[C@@]12CCN2. The molecule has 0 radical (unpaired) electrons. The molecule has 76 valence electrons. The zero-order chi connectivity index (χ0) is 9.31. The van der Waals surface area contributed by atoms with Crippen LogP contribution in [0.5, 0.6) is 0 Å². The smallest absolute Gasteiger partial charge is 0.0726 e. The summed E-state index contributed by atoms with van der Waals surface area (Å²) in [5.74, 6) is 0. The summed E-state index contributed by atoms with van der Waals surface area (Å²) in [6.45, 7) is 7.17. The minimum Gasteiger partial charge on any atom is -0.299 e. The molecule has 0 aromatic carbocycles. The molecule has 1 atom stereocenters. The van der Waals surface area contributed by atoms with Gasteiger partial charge in [0, 0.05) is 12.6 Å². The highest BCUT2D eigenvalue weighted by Crippen LogP contribution is 2.34. The molecule has 0 aromatic rings. The molecule has 0 bridgehead atoms. The molecule has 2 nitrogen and oxygen atoms in total. The van der Waals surface area contributed by atoms with Crippen LogP contribution >= 0.6 is 0 Å². The van der Waals surface area contributed by atoms with Gasteiger partial charge in [-0.25, -0.2) is 0 Å². The standard InChI is InChI=1S/C11H22N2/c1-10(2)13-9-5-3-4-6-11(13)7-8-12-11/h10,12H,3-9H2,1-2H3/t11-/m0/s1. The van der Waals surface area contributed by atoms with Gasteiger partial charge in [0.1, 0.15) is 0 Å². The van der Waals surface area contributed by atoms with Crippen LogP contribution in [0.1, 0.15) is 46.0 Å². The van der Waals surface area contributed by atoms with Gasteiger partial charge >= 0.3 is 0 Å². The molecular formula is C11H22N2. The van der Waals surface area contributed by atoms with E-state index < -0.39 is 0 Å². The van der Waals surface area contributed by atoms with Gasteiger partial charge in [0.15, 0.2) is 0 Å². The lowest BCUT2D eigenvalue weighted by atomic mass is 9.90. The Labute approximate surface area is 81.7 Å². The molecule has 2 aliphatic heterocycles. The molecule has 0 aliphatic carbocycles. The molecule has 0 saturated carbocycles. The van der Waals surface area contributed by atoms with Crippen molar-refractivity contribution in [1.82, 2.24) is 10.2 Å². The molecule has 2 heterocycles. The fourth-order valence-corrected chi connectivity index (χ4v) is 2.86. The van der Waals surface area contributed by atoms with Crippen molar-refractivity contribution in [3.05, 3.63) is 0 Å². The Balaban J connectivity index is 2.09. The first kappa shape index (κ1) is 9.47. The van der Waals surface area contributed by atoms with Crippen molar-refractivity contribution in [1.29, 1.82) is 0 Å². The topological polar surface area (TPSA) is 15.3 Å². The maximum absolute atomic E-state index is 3.66. The first-order valence-corrected chi connectivity index (χ1v) is 5.76. The molecule has 1 spiro atoms. The van der Waals surface area contributed by atoms with Crippen molar-refractivity contribution in [2.45, 2.75) is 57.7 Å². The lowest BCUT2D eigenvalue weighted by molar-refractivity contribution is -0.0255. The normalized spacial score (nSPS) is 36.2. The predicted octanol–water partition coefficient (Wildman–Crippen LogP) is 1.96. The average molecular weight is 182 g/mol. The van der Waals surface area contributed by atoms with Gasteiger partial charge in [-0.2, -0.15) is 0 Å². The van der Waals surface area contributed by atoms with Gasteiger partial charge in [-0.3, -0.25) is 10.2 Å². The Kier molecular flexibility index (Phi) is 2.61. The molecule has 0 aromatic heterocycles. The first-order chi connectivity index (χ1) is 6.25. The lowest BCUT2D eigenvalue weighted by Gasteiger charge is -2.52. The van der Waals surface area contributed by atoms with Crippen LogP contribution in [0.3, 0.4) is 0 Å². The number of hydrogen-bond donors (Lipinski definition) is 1. The molecule has 2 fully saturated rings. The molecule has 2 aliphatic rings. The van der Waals surface area contributed by atoms with E-state index >= 15 is 0 Å². The monoisotopic (exact) mass is 182 g/mol. The van der Waals surface area contributed by atoms with Crippen LogP contribution in [0.2, 0.25) is 0 Å². The summed E-state index contributed by atoms with van der Waals surface area (Å²) in [6.07, 6.45) is 6.96. The molecule has 0 unspecified atom stereocenters. The predicted molar refractivity (Wildman–Crippen MR) is 55.7 cm³/mol. The summed E-state index contributed by atoms with van der Waals surface area (Å²) in [4.78, 5) is 2.68. The minimum atomic E-state index is 0.407. The van der Waals surface area contributed by atoms with Gasteiger partial charge in [-0.1, -0.05) is 12.8 Å². The van der Waals surface area contributed by atoms with Crippen LogP contribution in [0.4, 0.5) is 0 Å². The third kappa shape index (κ3) is 1.62. The number of nitrogens with one attached hydrogen (secondary N) is 1. The Hall–Kier alpha value is -0.0800. The highest BCUT2D eigenvalue weighted by Gasteiger charge is 2.43. The number of likely N-dealkylation sites (tertiary alicyclic amines) is 1. The second kappa shape index (κ2) is 3.58. The van der Waals surface area contributed by atoms with E-state index in [0.29, 0.717) is 11.7 Å². The number of hydrogen-bond acceptors (Lipinski definition) is 2. The number of nitrogens with zero attached hydrogens (tertiary/aromatic N) is 1. The van der Waals surface area contributed by atoms with Crippen LogP contribution in [-0.2, 0) is 0 Å². The zero-order valence-electron chi connectivity index (χ0n) is 8.97. The van der Waals surface area contributed by atoms with E-state index in [4.69, 9.17) is 0 Å². The van der Waals surface area contributed by atoms with Crippen LogP contribution < -0.4 is 5.32 Å². The lowest BCUT2D eigenvalue weighted by Crippen LogP contribution is -2.68. The highest BCUT2D eigenvalue weighted by molar-refractivity contribution is 4.98. The average Bonchev–Trinajstić information content (AvgIpc) is 2.23. The molecule has 13 heavy (non-hydrogen) atoms. The van der Waals surface area contributed by atoms with Crippen molar-refractivity contribution in [3.8, 4) is 0 Å². The summed E-state index contributed by atoms with van der Waals surface area (Å²) in [5, 5.41) is 3.66. The Morgan fingerprint density at radius 1 is 1.15 bits per heavy atom. The van der Waals surface area contributed by atoms with Crippen molar-refractivity contribution in [3.63, 3.8) is 0 Å². The molecule has 1 N–H and O–H groups in total.